The third-order valence-electron chi connectivity index (χ3n) is 16.1. The van der Waals surface area contributed by atoms with Crippen LogP contribution < -0.4 is 0 Å². The Balaban J connectivity index is 1.09. The van der Waals surface area contributed by atoms with Crippen molar-refractivity contribution >= 4 is 5.97 Å². The SMILES string of the molecule is CCCCCCCCCCCCCCCCCCCCCC(=O)OC1CCCC2CC[C@@H]3[C@H](CC[C@]4(C)[C@@H]([C@H](C)CCCC(C)C)CC[C@@H]34)[C@]21C. The van der Waals surface area contributed by atoms with Crippen molar-refractivity contribution in [1.29, 1.82) is 0 Å². The van der Waals surface area contributed by atoms with Crippen molar-refractivity contribution < 1.29 is 9.53 Å². The molecule has 2 heteroatoms. The highest BCUT2D eigenvalue weighted by molar-refractivity contribution is 5.69. The van der Waals surface area contributed by atoms with E-state index in [9.17, 15) is 4.79 Å². The predicted molar refractivity (Wildman–Crippen MR) is 221 cm³/mol. The number of fused-ring (bicyclic) bond motifs is 5. The normalized spacial score (nSPS) is 32.4. The van der Waals surface area contributed by atoms with Crippen LogP contribution in [0.5, 0.6) is 0 Å². The Hall–Kier alpha value is -0.530. The molecule has 0 aromatic carbocycles. The molecule has 298 valence electrons. The van der Waals surface area contributed by atoms with Gasteiger partial charge in [0.1, 0.15) is 6.10 Å². The molecule has 2 unspecified atom stereocenters. The molecule has 0 bridgehead atoms. The first-order chi connectivity index (χ1) is 24.7. The second kappa shape index (κ2) is 22.8. The fourth-order valence-electron chi connectivity index (χ4n) is 13.1. The van der Waals surface area contributed by atoms with Gasteiger partial charge in [-0.3, -0.25) is 4.79 Å². The Kier molecular flexibility index (Phi) is 19.3. The lowest BCUT2D eigenvalue weighted by molar-refractivity contribution is -0.192. The monoisotopic (exact) mass is 711 g/mol. The molecule has 4 rings (SSSR count). The number of rotatable bonds is 26. The number of esters is 1. The van der Waals surface area contributed by atoms with Gasteiger partial charge in [0, 0.05) is 11.8 Å². The van der Waals surface area contributed by atoms with Crippen LogP contribution in [0.1, 0.15) is 247 Å². The lowest BCUT2D eigenvalue weighted by Crippen LogP contribution is -2.58. The van der Waals surface area contributed by atoms with Crippen molar-refractivity contribution in [2.45, 2.75) is 253 Å². The van der Waals surface area contributed by atoms with Crippen molar-refractivity contribution in [3.8, 4) is 0 Å². The number of hydrogen-bond acceptors (Lipinski definition) is 2. The Labute approximate surface area is 320 Å². The molecule has 4 fully saturated rings. The smallest absolute Gasteiger partial charge is 0.306 e. The van der Waals surface area contributed by atoms with E-state index in [1.807, 2.05) is 0 Å². The van der Waals surface area contributed by atoms with Gasteiger partial charge in [0.2, 0.25) is 0 Å². The molecule has 51 heavy (non-hydrogen) atoms. The minimum absolute atomic E-state index is 0.118. The maximum Gasteiger partial charge on any atom is 0.306 e. The summed E-state index contributed by atoms with van der Waals surface area (Å²) >= 11 is 0. The van der Waals surface area contributed by atoms with Gasteiger partial charge in [-0.2, -0.15) is 0 Å². The molecule has 0 amide bonds. The molecule has 0 saturated heterocycles. The summed E-state index contributed by atoms with van der Waals surface area (Å²) in [7, 11) is 0. The highest BCUT2D eigenvalue weighted by atomic mass is 16.5. The summed E-state index contributed by atoms with van der Waals surface area (Å²) in [6.45, 7) is 15.0. The Morgan fingerprint density at radius 3 is 1.75 bits per heavy atom. The molecule has 0 aromatic rings. The Bertz CT molecular complexity index is 940. The van der Waals surface area contributed by atoms with E-state index < -0.39 is 0 Å². The quantitative estimate of drug-likeness (QED) is 0.0660. The van der Waals surface area contributed by atoms with Crippen LogP contribution in [0.2, 0.25) is 0 Å². The number of unbranched alkanes of at least 4 members (excludes halogenated alkanes) is 18. The van der Waals surface area contributed by atoms with Gasteiger partial charge in [-0.1, -0.05) is 176 Å². The zero-order valence-electron chi connectivity index (χ0n) is 35.6. The first-order valence-corrected chi connectivity index (χ1v) is 23.9. The summed E-state index contributed by atoms with van der Waals surface area (Å²) in [6.07, 6.45) is 43.7. The maximum absolute atomic E-state index is 13.3. The lowest BCUT2D eigenvalue weighted by atomic mass is 9.44. The number of ether oxygens (including phenoxy) is 1. The van der Waals surface area contributed by atoms with Crippen LogP contribution in [0.4, 0.5) is 0 Å². The molecular formula is C49H90O2. The molecule has 9 atom stereocenters. The van der Waals surface area contributed by atoms with Crippen molar-refractivity contribution in [3.05, 3.63) is 0 Å². The average molecular weight is 711 g/mol. The molecule has 0 spiro atoms. The summed E-state index contributed by atoms with van der Waals surface area (Å²) in [4.78, 5) is 13.3. The zero-order chi connectivity index (χ0) is 36.5. The van der Waals surface area contributed by atoms with Crippen LogP contribution in [0, 0.1) is 52.3 Å². The molecule has 0 N–H and O–H groups in total. The summed E-state index contributed by atoms with van der Waals surface area (Å²) in [5.74, 6) is 6.02. The highest BCUT2D eigenvalue weighted by Crippen LogP contribution is 2.68. The summed E-state index contributed by atoms with van der Waals surface area (Å²) in [5.41, 5.74) is 0.738. The van der Waals surface area contributed by atoms with E-state index in [1.54, 1.807) is 0 Å². The van der Waals surface area contributed by atoms with E-state index in [0.29, 0.717) is 11.8 Å². The topological polar surface area (TPSA) is 26.3 Å². The summed E-state index contributed by atoms with van der Waals surface area (Å²) in [5, 5.41) is 0. The molecule has 0 radical (unpaired) electrons. The van der Waals surface area contributed by atoms with Crippen LogP contribution >= 0.6 is 0 Å². The van der Waals surface area contributed by atoms with Crippen LogP contribution in [0.3, 0.4) is 0 Å². The predicted octanol–water partition coefficient (Wildman–Crippen LogP) is 15.8. The van der Waals surface area contributed by atoms with Crippen molar-refractivity contribution in [2.24, 2.45) is 52.3 Å². The average Bonchev–Trinajstić information content (AvgIpc) is 3.47. The van der Waals surface area contributed by atoms with Gasteiger partial charge < -0.3 is 4.74 Å². The number of hydrogen-bond donors (Lipinski definition) is 0. The summed E-state index contributed by atoms with van der Waals surface area (Å²) < 4.78 is 6.57. The van der Waals surface area contributed by atoms with E-state index in [4.69, 9.17) is 4.74 Å². The van der Waals surface area contributed by atoms with Crippen LogP contribution in [0.25, 0.3) is 0 Å². The minimum Gasteiger partial charge on any atom is -0.462 e. The third kappa shape index (κ3) is 12.5. The van der Waals surface area contributed by atoms with Crippen LogP contribution in [-0.2, 0) is 9.53 Å². The fraction of sp³-hybridized carbons (Fsp3) is 0.980. The molecule has 4 aliphatic rings. The molecule has 0 aliphatic heterocycles. The van der Waals surface area contributed by atoms with Gasteiger partial charge in [-0.25, -0.2) is 0 Å². The molecule has 0 heterocycles. The largest absolute Gasteiger partial charge is 0.462 e. The van der Waals surface area contributed by atoms with Gasteiger partial charge in [0.15, 0.2) is 0 Å². The van der Waals surface area contributed by atoms with Gasteiger partial charge in [-0.05, 0) is 111 Å². The third-order valence-corrected chi connectivity index (χ3v) is 16.1. The Morgan fingerprint density at radius 2 is 1.18 bits per heavy atom. The van der Waals surface area contributed by atoms with E-state index >= 15 is 0 Å². The van der Waals surface area contributed by atoms with Gasteiger partial charge in [0.25, 0.3) is 0 Å². The van der Waals surface area contributed by atoms with E-state index in [0.717, 1.165) is 54.3 Å². The highest BCUT2D eigenvalue weighted by Gasteiger charge is 2.62. The summed E-state index contributed by atoms with van der Waals surface area (Å²) in [6, 6.07) is 0. The first-order valence-electron chi connectivity index (χ1n) is 23.9. The van der Waals surface area contributed by atoms with E-state index in [1.165, 1.54) is 186 Å². The molecular weight excluding hydrogens is 621 g/mol. The van der Waals surface area contributed by atoms with Gasteiger partial charge >= 0.3 is 5.97 Å². The standard InChI is InChI=1S/C49H90O2/c1-7-8-9-10-11-12-13-14-15-16-17-18-19-20-21-22-23-24-25-32-47(50)51-46-31-27-30-41-33-34-42-44-36-35-43(40(4)29-26-28-39(2)3)48(44,5)38-37-45(42)49(41,46)6/h39-46H,7-38H2,1-6H3/t40-,41?,42+,43-,44+,45+,46?,48-,49+/m1/s1. The van der Waals surface area contributed by atoms with Crippen molar-refractivity contribution in [3.63, 3.8) is 0 Å². The Morgan fingerprint density at radius 1 is 0.608 bits per heavy atom. The minimum atomic E-state index is 0.118. The van der Waals surface area contributed by atoms with E-state index in [-0.39, 0.29) is 17.5 Å². The second-order valence-electron chi connectivity index (χ2n) is 20.1. The molecule has 2 nitrogen and oxygen atoms in total. The van der Waals surface area contributed by atoms with Crippen molar-refractivity contribution in [1.82, 2.24) is 0 Å². The number of carbonyl (C=O) groups is 1. The van der Waals surface area contributed by atoms with Crippen LogP contribution in [0.15, 0.2) is 0 Å². The van der Waals surface area contributed by atoms with E-state index in [2.05, 4.69) is 41.5 Å². The lowest BCUT2D eigenvalue weighted by Gasteiger charge is -2.62. The van der Waals surface area contributed by atoms with Gasteiger partial charge in [0.05, 0.1) is 0 Å². The van der Waals surface area contributed by atoms with Crippen molar-refractivity contribution in [2.75, 3.05) is 0 Å². The van der Waals surface area contributed by atoms with Crippen LogP contribution in [-0.4, -0.2) is 12.1 Å². The molecule has 4 aliphatic carbocycles. The van der Waals surface area contributed by atoms with Gasteiger partial charge in [-0.15, -0.1) is 0 Å². The molecule has 4 saturated carbocycles. The molecule has 0 aromatic heterocycles. The first kappa shape index (κ1) is 43.2. The number of carbonyl (C=O) groups excluding carboxylic acids is 1. The second-order valence-corrected chi connectivity index (χ2v) is 20.1. The maximum atomic E-state index is 13.3. The fourth-order valence-corrected chi connectivity index (χ4v) is 13.1. The zero-order valence-corrected chi connectivity index (χ0v) is 35.6.